The number of phenolic OH excluding ortho intramolecular Hbond substituents is 6. The van der Waals surface area contributed by atoms with Crippen LogP contribution in [-0.2, 0) is 80.9 Å². The molecule has 41 heteroatoms. The molecule has 4 fully saturated rings. The molecule has 41 nitrogen and oxygen atoms in total. The Kier molecular flexibility index (Phi) is 25.3. The lowest BCUT2D eigenvalue weighted by Crippen LogP contribution is -2.65. The number of aromatic hydroxyl groups is 6. The average molecular weight is 1490 g/mol. The molecule has 0 aliphatic carbocycles. The van der Waals surface area contributed by atoms with Gasteiger partial charge in [-0.3, -0.25) is 9.59 Å². The molecule has 4 aromatic rings. The SMILES string of the molecule is O=C(C=Cc1ccc(O)c(O)c1)OCC1OC(Oc2cc(O)c3c(c2)OC(c2ccc(O)c(OC4OC(C(=O)O)C(O)C(O)C4O)c2)C(OC2OC(COC(=O)CC(=O)OC(C(=O)O)C(O)C(=O)O)C(O)C(O)C2OC2OC(CO)C(O)C(O)C2OC(=O)C=Cc2ccc(O)c(O)c2)=C3)C(O)C(O)C1O. The standard InChI is InChI=1S/C64H68O41/c65-18-35-42(76)47(81)56(102-39(73)10-4-22-2-7-27(67)31(71)12-22)64(99-35)105-57-48(82)44(78)37(20-94-40(74)17-41(75)103-55(60(91)92)52(86)58(87)88)101-63(57)98-34-16-25-29(69)14-24(95-61-50(84)45(79)43(77)36(100-61)19-93-38(72)9-3-21-1-6-26(66)30(70)11-21)15-32(25)96-53(34)23-5-8-28(68)33(13-23)97-62-51(85)46(80)49(83)54(104-62)59(89)90/h1-16,35-37,42-57,61-71,76-86H,17-20H2,(H,87,88)(H,89,90)(H,91,92). The first-order valence-electron chi connectivity index (χ1n) is 30.9. The van der Waals surface area contributed by atoms with E-state index in [0.29, 0.717) is 0 Å². The van der Waals surface area contributed by atoms with Gasteiger partial charge >= 0.3 is 41.8 Å². The second kappa shape index (κ2) is 33.7. The third-order valence-corrected chi connectivity index (χ3v) is 16.4. The minimum atomic E-state index is -2.84. The molecule has 4 aromatic carbocycles. The predicted octanol–water partition coefficient (Wildman–Crippen LogP) is -5.60. The third kappa shape index (κ3) is 18.4. The summed E-state index contributed by atoms with van der Waals surface area (Å²) in [6.07, 6.45) is -47.8. The number of hydrogen-bond donors (Lipinski definition) is 21. The van der Waals surface area contributed by atoms with E-state index in [-0.39, 0.29) is 16.7 Å². The van der Waals surface area contributed by atoms with Gasteiger partial charge in [0.2, 0.25) is 25.0 Å². The Labute approximate surface area is 586 Å². The smallest absolute Gasteiger partial charge is 0.348 e. The second-order valence-electron chi connectivity index (χ2n) is 23.6. The third-order valence-electron chi connectivity index (χ3n) is 16.4. The van der Waals surface area contributed by atoms with Crippen molar-refractivity contribution < 1.29 is 202 Å². The van der Waals surface area contributed by atoms with E-state index < -0.39 is 272 Å². The minimum Gasteiger partial charge on any atom is -0.507 e. The molecule has 23 unspecified atom stereocenters. The molecule has 0 spiro atoms. The molecule has 23 atom stereocenters. The van der Waals surface area contributed by atoms with Crippen LogP contribution in [0, 0.1) is 0 Å². The van der Waals surface area contributed by atoms with E-state index in [4.69, 9.17) is 61.9 Å². The van der Waals surface area contributed by atoms with Crippen LogP contribution >= 0.6 is 0 Å². The quantitative estimate of drug-likeness (QED) is 0.00916. The van der Waals surface area contributed by atoms with Gasteiger partial charge in [-0.25, -0.2) is 24.0 Å². The molecule has 105 heavy (non-hydrogen) atoms. The number of phenols is 6. The zero-order chi connectivity index (χ0) is 76.7. The Bertz CT molecular complexity index is 3930. The van der Waals surface area contributed by atoms with Crippen LogP contribution in [0.5, 0.6) is 51.7 Å². The van der Waals surface area contributed by atoms with E-state index in [2.05, 4.69) is 4.74 Å². The number of aliphatic hydroxyl groups is 12. The fraction of sp³-hybridized carbons (Fsp3) is 0.422. The normalized spacial score (nSPS) is 30.8. The molecule has 0 radical (unpaired) electrons. The number of hydrogen-bond acceptors (Lipinski definition) is 38. The number of rotatable bonds is 26. The van der Waals surface area contributed by atoms with E-state index in [9.17, 15) is 136 Å². The number of esters is 4. The van der Waals surface area contributed by atoms with Crippen molar-refractivity contribution in [3.8, 4) is 51.7 Å². The van der Waals surface area contributed by atoms with Gasteiger partial charge in [-0.15, -0.1) is 0 Å². The van der Waals surface area contributed by atoms with Crippen LogP contribution < -0.4 is 14.2 Å². The monoisotopic (exact) mass is 1490 g/mol. The van der Waals surface area contributed by atoms with Crippen molar-refractivity contribution in [3.63, 3.8) is 0 Å². The summed E-state index contributed by atoms with van der Waals surface area (Å²) in [6, 6.07) is 11.6. The van der Waals surface area contributed by atoms with Crippen LogP contribution in [0.2, 0.25) is 0 Å². The number of carbonyl (C=O) groups excluding carboxylic acids is 4. The molecule has 570 valence electrons. The summed E-state index contributed by atoms with van der Waals surface area (Å²) in [7, 11) is 0. The Morgan fingerprint density at radius 2 is 1.05 bits per heavy atom. The van der Waals surface area contributed by atoms with Crippen molar-refractivity contribution in [3.05, 3.63) is 107 Å². The summed E-state index contributed by atoms with van der Waals surface area (Å²) in [5.41, 5.74) is -0.380. The summed E-state index contributed by atoms with van der Waals surface area (Å²) in [4.78, 5) is 87.0. The second-order valence-corrected chi connectivity index (χ2v) is 23.6. The van der Waals surface area contributed by atoms with Gasteiger partial charge in [-0.05, 0) is 65.8 Å². The zero-order valence-electron chi connectivity index (χ0n) is 53.4. The van der Waals surface area contributed by atoms with Gasteiger partial charge in [0.1, 0.15) is 122 Å². The lowest BCUT2D eigenvalue weighted by atomic mass is 9.96. The molecule has 0 aromatic heterocycles. The van der Waals surface area contributed by atoms with E-state index in [1.165, 1.54) is 18.2 Å². The van der Waals surface area contributed by atoms with Gasteiger partial charge < -0.3 is 169 Å². The fourth-order valence-electron chi connectivity index (χ4n) is 10.7. The van der Waals surface area contributed by atoms with Gasteiger partial charge in [0.25, 0.3) is 0 Å². The van der Waals surface area contributed by atoms with E-state index in [1.54, 1.807) is 0 Å². The molecule has 9 rings (SSSR count). The number of benzene rings is 4. The van der Waals surface area contributed by atoms with E-state index in [1.807, 2.05) is 0 Å². The topological polar surface area (TPSA) is 664 Å². The highest BCUT2D eigenvalue weighted by Gasteiger charge is 2.55. The zero-order valence-corrected chi connectivity index (χ0v) is 53.4. The highest BCUT2D eigenvalue weighted by molar-refractivity contribution is 5.93. The summed E-state index contributed by atoms with van der Waals surface area (Å²) < 4.78 is 73.4. The van der Waals surface area contributed by atoms with Gasteiger partial charge in [-0.2, -0.15) is 0 Å². The molecule has 0 bridgehead atoms. The van der Waals surface area contributed by atoms with Crippen LogP contribution in [-0.4, -0.2) is 304 Å². The van der Waals surface area contributed by atoms with Crippen LogP contribution in [0.25, 0.3) is 18.2 Å². The first-order chi connectivity index (χ1) is 49.6. The van der Waals surface area contributed by atoms with Crippen molar-refractivity contribution in [2.24, 2.45) is 0 Å². The Morgan fingerprint density at radius 1 is 0.495 bits per heavy atom. The molecule has 4 saturated heterocycles. The predicted molar refractivity (Wildman–Crippen MR) is 329 cm³/mol. The first kappa shape index (κ1) is 78.8. The average Bonchev–Trinajstić information content (AvgIpc) is 0.769. The fourth-order valence-corrected chi connectivity index (χ4v) is 10.7. The van der Waals surface area contributed by atoms with Gasteiger partial charge in [0.15, 0.2) is 71.3 Å². The molecular weight excluding hydrogens is 1420 g/mol. The number of fused-ring (bicyclic) bond motifs is 1. The molecule has 5 aliphatic heterocycles. The van der Waals surface area contributed by atoms with Crippen molar-refractivity contribution >= 4 is 60.0 Å². The molecule has 0 amide bonds. The Hall–Kier alpha value is -10.3. The molecule has 5 aliphatic rings. The summed E-state index contributed by atoms with van der Waals surface area (Å²) >= 11 is 0. The van der Waals surface area contributed by atoms with Crippen molar-refractivity contribution in [2.75, 3.05) is 19.8 Å². The Balaban J connectivity index is 1.07. The maximum Gasteiger partial charge on any atom is 0.348 e. The van der Waals surface area contributed by atoms with Gasteiger partial charge in [0.05, 0.1) is 12.2 Å². The minimum absolute atomic E-state index is 0.0907. The van der Waals surface area contributed by atoms with Gasteiger partial charge in [0, 0.05) is 29.8 Å². The van der Waals surface area contributed by atoms with Crippen molar-refractivity contribution in [1.82, 2.24) is 0 Å². The van der Waals surface area contributed by atoms with E-state index >= 15 is 0 Å². The maximum atomic E-state index is 13.5. The lowest BCUT2D eigenvalue weighted by Gasteiger charge is -2.47. The molecule has 21 N–H and O–H groups in total. The van der Waals surface area contributed by atoms with Crippen LogP contribution in [0.4, 0.5) is 0 Å². The van der Waals surface area contributed by atoms with Gasteiger partial charge in [-0.1, -0.05) is 18.2 Å². The number of carboxylic acids is 3. The Morgan fingerprint density at radius 3 is 1.65 bits per heavy atom. The van der Waals surface area contributed by atoms with Crippen LogP contribution in [0.1, 0.15) is 34.8 Å². The van der Waals surface area contributed by atoms with Crippen LogP contribution in [0.15, 0.2) is 84.6 Å². The van der Waals surface area contributed by atoms with Crippen molar-refractivity contribution in [2.45, 2.75) is 148 Å². The summed E-state index contributed by atoms with van der Waals surface area (Å²) in [5, 5.41) is 222. The number of aliphatic hydroxyl groups excluding tert-OH is 12. The maximum absolute atomic E-state index is 13.5. The summed E-state index contributed by atoms with van der Waals surface area (Å²) in [5.74, 6) is -18.1. The molecular formula is C64H68O41. The molecule has 0 saturated carbocycles. The first-order valence-corrected chi connectivity index (χ1v) is 30.9. The largest absolute Gasteiger partial charge is 0.507 e. The van der Waals surface area contributed by atoms with E-state index in [0.717, 1.165) is 78.9 Å². The molecule has 5 heterocycles. The number of aliphatic carboxylic acids is 3. The number of carbonyl (C=O) groups is 7. The highest BCUT2D eigenvalue weighted by atomic mass is 16.8. The highest BCUT2D eigenvalue weighted by Crippen LogP contribution is 2.47. The number of carboxylic acid groups (broad SMARTS) is 3. The van der Waals surface area contributed by atoms with Crippen molar-refractivity contribution in [1.29, 1.82) is 0 Å². The van der Waals surface area contributed by atoms with Crippen LogP contribution in [0.3, 0.4) is 0 Å². The lowest BCUT2D eigenvalue weighted by molar-refractivity contribution is -0.364. The summed E-state index contributed by atoms with van der Waals surface area (Å²) in [6.45, 7) is -3.18. The number of ether oxygens (including phenoxy) is 13.